The molecule has 0 fully saturated rings. The molecule has 0 saturated heterocycles. The number of benzene rings is 1. The summed E-state index contributed by atoms with van der Waals surface area (Å²) in [5.74, 6) is 0. The number of rotatable bonds is 2. The summed E-state index contributed by atoms with van der Waals surface area (Å²) in [7, 11) is -2.67. The van der Waals surface area contributed by atoms with Crippen LogP contribution >= 0.6 is 0 Å². The summed E-state index contributed by atoms with van der Waals surface area (Å²) in [5, 5.41) is 2.54. The highest BCUT2D eigenvalue weighted by molar-refractivity contribution is 7.72. The van der Waals surface area contributed by atoms with E-state index in [1.54, 1.807) is 0 Å². The Morgan fingerprint density at radius 1 is 1.36 bits per heavy atom. The van der Waals surface area contributed by atoms with Gasteiger partial charge in [0.15, 0.2) is 10.7 Å². The van der Waals surface area contributed by atoms with Gasteiger partial charge in [-0.05, 0) is 17.3 Å². The topological polar surface area (TPSA) is 63.6 Å². The Bertz CT molecular complexity index is 337. The average molecular weight is 170 g/mol. The molecule has 4 nitrogen and oxygen atoms in total. The quantitative estimate of drug-likeness (QED) is 0.528. The van der Waals surface area contributed by atoms with Gasteiger partial charge in [0, 0.05) is 6.07 Å². The van der Waals surface area contributed by atoms with E-state index < -0.39 is 10.7 Å². The molecular formula is C6H4NO3S. The van der Waals surface area contributed by atoms with Crippen molar-refractivity contribution < 1.29 is 8.42 Å². The first-order chi connectivity index (χ1) is 5.24. The zero-order chi connectivity index (χ0) is 8.27. The van der Waals surface area contributed by atoms with Gasteiger partial charge in [0.05, 0.1) is 4.90 Å². The van der Waals surface area contributed by atoms with Crippen molar-refractivity contribution in [2.45, 2.75) is 4.90 Å². The van der Waals surface area contributed by atoms with E-state index in [0.717, 1.165) is 0 Å². The predicted molar refractivity (Wildman–Crippen MR) is 39.3 cm³/mol. The van der Waals surface area contributed by atoms with E-state index in [9.17, 15) is 13.3 Å². The Hall–Kier alpha value is -1.23. The minimum Gasteiger partial charge on any atom is -0.227 e. The fourth-order valence-electron chi connectivity index (χ4n) is 0.605. The third-order valence-electron chi connectivity index (χ3n) is 1.06. The molecule has 0 heterocycles. The first kappa shape index (κ1) is 7.87. The van der Waals surface area contributed by atoms with Crippen LogP contribution in [0.1, 0.15) is 0 Å². The van der Waals surface area contributed by atoms with Crippen LogP contribution in [0.15, 0.2) is 28.3 Å². The Morgan fingerprint density at radius 3 is 2.64 bits per heavy atom. The lowest BCUT2D eigenvalue weighted by Crippen LogP contribution is -1.78. The number of nitroso groups, excluding NO2 is 1. The second-order valence-electron chi connectivity index (χ2n) is 1.77. The second-order valence-corrected chi connectivity index (χ2v) is 2.77. The maximum Gasteiger partial charge on any atom is 0.168 e. The molecule has 0 N–H and O–H groups in total. The fourth-order valence-corrected chi connectivity index (χ4v) is 1.02. The number of hydrogen-bond acceptors (Lipinski definition) is 4. The van der Waals surface area contributed by atoms with Crippen molar-refractivity contribution in [3.8, 4) is 0 Å². The fraction of sp³-hybridized carbons (Fsp3) is 0. The van der Waals surface area contributed by atoms with Crippen LogP contribution in [-0.2, 0) is 10.7 Å². The van der Waals surface area contributed by atoms with Crippen LogP contribution in [0, 0.1) is 11.0 Å². The summed E-state index contributed by atoms with van der Waals surface area (Å²) in [4.78, 5) is 9.89. The molecule has 0 amide bonds. The van der Waals surface area contributed by atoms with E-state index in [4.69, 9.17) is 0 Å². The lowest BCUT2D eigenvalue weighted by Gasteiger charge is -1.88. The van der Waals surface area contributed by atoms with Gasteiger partial charge in [0.1, 0.15) is 5.69 Å². The number of thiol groups is 1. The molecule has 5 heteroatoms. The van der Waals surface area contributed by atoms with Crippen molar-refractivity contribution in [3.63, 3.8) is 0 Å². The molecule has 0 saturated carbocycles. The van der Waals surface area contributed by atoms with Crippen LogP contribution in [0.4, 0.5) is 5.69 Å². The van der Waals surface area contributed by atoms with Gasteiger partial charge in [-0.15, -0.1) is 4.91 Å². The minimum atomic E-state index is -2.67. The van der Waals surface area contributed by atoms with Crippen LogP contribution in [0.2, 0.25) is 0 Å². The third-order valence-corrected chi connectivity index (χ3v) is 1.71. The molecule has 0 aromatic heterocycles. The highest BCUT2D eigenvalue weighted by Gasteiger charge is 1.96. The van der Waals surface area contributed by atoms with Crippen molar-refractivity contribution in [2.75, 3.05) is 0 Å². The first-order valence-corrected chi connectivity index (χ1v) is 3.92. The highest BCUT2D eigenvalue weighted by Crippen LogP contribution is 2.12. The maximum absolute atomic E-state index is 10.3. The van der Waals surface area contributed by atoms with E-state index in [2.05, 4.69) is 11.2 Å². The van der Waals surface area contributed by atoms with Gasteiger partial charge in [-0.25, -0.2) is 8.42 Å². The standard InChI is InChI=1S/C6H4NO3S/c8-7-5-2-1-3-6(4-5)11(9)10/h1-3,11H. The Kier molecular flexibility index (Phi) is 2.32. The summed E-state index contributed by atoms with van der Waals surface area (Å²) in [6.45, 7) is 0. The van der Waals surface area contributed by atoms with Crippen molar-refractivity contribution in [1.82, 2.24) is 0 Å². The van der Waals surface area contributed by atoms with Crippen molar-refractivity contribution >= 4 is 16.4 Å². The van der Waals surface area contributed by atoms with E-state index in [-0.39, 0.29) is 10.6 Å². The van der Waals surface area contributed by atoms with Crippen LogP contribution < -0.4 is 0 Å². The molecular weight excluding hydrogens is 166 g/mol. The van der Waals surface area contributed by atoms with Gasteiger partial charge in [-0.1, -0.05) is 6.07 Å². The number of nitrogens with zero attached hydrogens (tertiary/aromatic N) is 1. The van der Waals surface area contributed by atoms with Gasteiger partial charge < -0.3 is 0 Å². The summed E-state index contributed by atoms with van der Waals surface area (Å²) < 4.78 is 20.7. The van der Waals surface area contributed by atoms with E-state index in [1.807, 2.05) is 0 Å². The summed E-state index contributed by atoms with van der Waals surface area (Å²) in [6, 6.07) is 6.49. The summed E-state index contributed by atoms with van der Waals surface area (Å²) in [5.41, 5.74) is 0.00157. The molecule has 11 heavy (non-hydrogen) atoms. The van der Waals surface area contributed by atoms with E-state index in [0.29, 0.717) is 0 Å². The monoisotopic (exact) mass is 170 g/mol. The van der Waals surface area contributed by atoms with Crippen molar-refractivity contribution in [2.24, 2.45) is 5.18 Å². The van der Waals surface area contributed by atoms with E-state index >= 15 is 0 Å². The largest absolute Gasteiger partial charge is 0.227 e. The molecule has 0 spiro atoms. The lowest BCUT2D eigenvalue weighted by molar-refractivity contribution is 0.614. The Labute approximate surface area is 64.8 Å². The smallest absolute Gasteiger partial charge is 0.168 e. The molecule has 0 aliphatic rings. The Morgan fingerprint density at radius 2 is 2.09 bits per heavy atom. The maximum atomic E-state index is 10.3. The number of hydrogen-bond donors (Lipinski definition) is 1. The highest BCUT2D eigenvalue weighted by atomic mass is 32.2. The molecule has 0 atom stereocenters. The molecule has 1 aromatic rings. The molecule has 1 radical (unpaired) electrons. The SMILES string of the molecule is O=Nc1[c]c([SH](=O)=O)ccc1. The van der Waals surface area contributed by atoms with Gasteiger partial charge in [0.2, 0.25) is 0 Å². The molecule has 0 aliphatic carbocycles. The van der Waals surface area contributed by atoms with Crippen LogP contribution in [0.5, 0.6) is 0 Å². The summed E-state index contributed by atoms with van der Waals surface area (Å²) >= 11 is 0. The molecule has 1 rings (SSSR count). The predicted octanol–water partition coefficient (Wildman–Crippen LogP) is 0.855. The van der Waals surface area contributed by atoms with Gasteiger partial charge in [-0.3, -0.25) is 0 Å². The van der Waals surface area contributed by atoms with Crippen LogP contribution in [0.25, 0.3) is 0 Å². The van der Waals surface area contributed by atoms with Gasteiger partial charge in [-0.2, -0.15) is 0 Å². The van der Waals surface area contributed by atoms with Crippen LogP contribution in [-0.4, -0.2) is 8.42 Å². The molecule has 0 bridgehead atoms. The van der Waals surface area contributed by atoms with Crippen LogP contribution in [0.3, 0.4) is 0 Å². The van der Waals surface area contributed by atoms with E-state index in [1.165, 1.54) is 18.2 Å². The average Bonchev–Trinajstić information content (AvgIpc) is 2.05. The van der Waals surface area contributed by atoms with Crippen molar-refractivity contribution in [1.29, 1.82) is 0 Å². The van der Waals surface area contributed by atoms with Crippen molar-refractivity contribution in [3.05, 3.63) is 29.2 Å². The zero-order valence-electron chi connectivity index (χ0n) is 5.35. The third kappa shape index (κ3) is 1.84. The summed E-state index contributed by atoms with van der Waals surface area (Å²) in [6.07, 6.45) is 0. The molecule has 1 aromatic carbocycles. The van der Waals surface area contributed by atoms with Gasteiger partial charge >= 0.3 is 0 Å². The molecule has 57 valence electrons. The zero-order valence-corrected chi connectivity index (χ0v) is 6.25. The molecule has 0 unspecified atom stereocenters. The minimum absolute atomic E-state index is 0.00157. The Balaban J connectivity index is 3.20. The second kappa shape index (κ2) is 3.25. The molecule has 0 aliphatic heterocycles. The van der Waals surface area contributed by atoms with Gasteiger partial charge in [0.25, 0.3) is 0 Å². The lowest BCUT2D eigenvalue weighted by atomic mass is 10.3. The first-order valence-electron chi connectivity index (χ1n) is 2.74. The normalized spacial score (nSPS) is 9.91.